The molecule has 2 unspecified atom stereocenters. The lowest BCUT2D eigenvalue weighted by atomic mass is 10.1. The van der Waals surface area contributed by atoms with E-state index in [0.717, 1.165) is 18.4 Å². The van der Waals surface area contributed by atoms with Crippen LogP contribution in [-0.2, 0) is 20.9 Å². The third kappa shape index (κ3) is 7.48. The number of aliphatic carboxylic acids is 1. The first-order valence-electron chi connectivity index (χ1n) is 13.9. The van der Waals surface area contributed by atoms with Gasteiger partial charge in [0.1, 0.15) is 12.6 Å². The Bertz CT molecular complexity index is 1380. The van der Waals surface area contributed by atoms with Gasteiger partial charge < -0.3 is 15.2 Å². The number of rotatable bonds is 12. The number of carbonyl (C=O) groups excluding carboxylic acids is 3. The van der Waals surface area contributed by atoms with Crippen LogP contribution in [0.1, 0.15) is 54.4 Å². The minimum absolute atomic E-state index is 0.0463. The van der Waals surface area contributed by atoms with E-state index in [4.69, 9.17) is 9.84 Å². The first-order chi connectivity index (χ1) is 20.4. The third-order valence-corrected chi connectivity index (χ3v) is 9.13. The van der Waals surface area contributed by atoms with E-state index in [-0.39, 0.29) is 36.3 Å². The lowest BCUT2D eigenvalue weighted by Crippen LogP contribution is -2.50. The van der Waals surface area contributed by atoms with Gasteiger partial charge in [0.25, 0.3) is 11.8 Å². The number of unbranched alkanes of at least 4 members (excludes halogenated alkanes) is 1. The van der Waals surface area contributed by atoms with E-state index in [0.29, 0.717) is 41.4 Å². The number of ether oxygens (including phenoxy) is 1. The number of anilines is 2. The molecule has 2 aliphatic rings. The number of carbonyl (C=O) groups is 4. The van der Waals surface area contributed by atoms with Crippen molar-refractivity contribution in [2.75, 3.05) is 10.7 Å². The number of carboxylic acids is 1. The predicted octanol–water partition coefficient (Wildman–Crippen LogP) is 5.43. The number of benzene rings is 2. The van der Waals surface area contributed by atoms with Gasteiger partial charge in [0.15, 0.2) is 5.13 Å². The minimum atomic E-state index is -0.864. The zero-order chi connectivity index (χ0) is 29.5. The van der Waals surface area contributed by atoms with E-state index < -0.39 is 18.1 Å². The maximum atomic E-state index is 14.2. The maximum absolute atomic E-state index is 14.2. The Kier molecular flexibility index (Phi) is 9.75. The van der Waals surface area contributed by atoms with Crippen LogP contribution in [0.4, 0.5) is 15.6 Å². The van der Waals surface area contributed by atoms with Gasteiger partial charge in [-0.25, -0.2) is 9.78 Å². The molecule has 2 atom stereocenters. The monoisotopic (exact) mass is 608 g/mol. The highest BCUT2D eigenvalue weighted by Gasteiger charge is 2.45. The summed E-state index contributed by atoms with van der Waals surface area (Å²) in [6, 6.07) is 15.5. The first-order valence-corrected chi connectivity index (χ1v) is 15.8. The van der Waals surface area contributed by atoms with Crippen LogP contribution in [0, 0.1) is 0 Å². The molecule has 42 heavy (non-hydrogen) atoms. The largest absolute Gasteiger partial charge is 0.481 e. The zero-order valence-corrected chi connectivity index (χ0v) is 24.5. The van der Waals surface area contributed by atoms with Crippen molar-refractivity contribution < 1.29 is 29.0 Å². The number of thioether (sulfide) groups is 1. The summed E-state index contributed by atoms with van der Waals surface area (Å²) in [5.41, 5.74) is 1.86. The number of aromatic nitrogens is 1. The molecule has 220 valence electrons. The summed E-state index contributed by atoms with van der Waals surface area (Å²) in [6.07, 6.45) is 4.63. The Balaban J connectivity index is 1.36. The van der Waals surface area contributed by atoms with Crippen LogP contribution < -0.4 is 10.2 Å². The summed E-state index contributed by atoms with van der Waals surface area (Å²) in [6.45, 7) is 0.0636. The average Bonchev–Trinajstić information content (AvgIpc) is 3.46. The molecule has 10 nitrogen and oxygen atoms in total. The molecule has 1 saturated heterocycles. The predicted molar refractivity (Wildman–Crippen MR) is 161 cm³/mol. The molecule has 5 rings (SSSR count). The summed E-state index contributed by atoms with van der Waals surface area (Å²) in [5.74, 6) is -0.998. The summed E-state index contributed by atoms with van der Waals surface area (Å²) in [7, 11) is 0. The van der Waals surface area contributed by atoms with Crippen LogP contribution >= 0.6 is 23.1 Å². The van der Waals surface area contributed by atoms with Crippen molar-refractivity contribution in [3.05, 3.63) is 77.3 Å². The fourth-order valence-corrected chi connectivity index (χ4v) is 6.78. The maximum Gasteiger partial charge on any atom is 0.411 e. The number of carboxylic acid groups (broad SMARTS) is 1. The summed E-state index contributed by atoms with van der Waals surface area (Å²) >= 11 is 2.78. The second-order valence-electron chi connectivity index (χ2n) is 10.2. The van der Waals surface area contributed by atoms with E-state index in [1.54, 1.807) is 35.8 Å². The second-order valence-corrected chi connectivity index (χ2v) is 12.3. The minimum Gasteiger partial charge on any atom is -0.481 e. The van der Waals surface area contributed by atoms with E-state index in [1.807, 2.05) is 30.3 Å². The van der Waals surface area contributed by atoms with Gasteiger partial charge in [-0.05, 0) is 61.9 Å². The zero-order valence-electron chi connectivity index (χ0n) is 22.9. The first kappa shape index (κ1) is 29.6. The SMILES string of the molecule is O=C(O)CCCCC1SCC(C(=O)N(c2ccc(C(=O)NC3CC3)cc2)c2nccs2)N1C(=O)OCc1ccccc1. The Labute approximate surface area is 252 Å². The van der Waals surface area contributed by atoms with Gasteiger partial charge in [-0.2, -0.15) is 0 Å². The van der Waals surface area contributed by atoms with Gasteiger partial charge in [0.2, 0.25) is 0 Å². The molecule has 3 amide bonds. The van der Waals surface area contributed by atoms with Gasteiger partial charge in [0.05, 0.1) is 11.1 Å². The van der Waals surface area contributed by atoms with Gasteiger partial charge in [-0.15, -0.1) is 23.1 Å². The molecule has 12 heteroatoms. The van der Waals surface area contributed by atoms with Crippen LogP contribution in [0.25, 0.3) is 0 Å². The molecule has 1 saturated carbocycles. The highest BCUT2D eigenvalue weighted by molar-refractivity contribution is 8.00. The van der Waals surface area contributed by atoms with Gasteiger partial charge in [-0.1, -0.05) is 30.3 Å². The normalized spacial score (nSPS) is 18.0. The topological polar surface area (TPSA) is 129 Å². The standard InChI is InChI=1S/C30H32N4O6S2/c35-26(36)9-5-4-8-25-34(30(39)40-18-20-6-2-1-3-7-20)24(19-42-25)28(38)33(29-31-16-17-41-29)23-14-10-21(11-15-23)27(37)32-22-12-13-22/h1-3,6-7,10-11,14-17,22,24-25H,4-5,8-9,12-13,18-19H2,(H,32,37)(H,35,36). The molecule has 0 radical (unpaired) electrons. The molecular weight excluding hydrogens is 576 g/mol. The average molecular weight is 609 g/mol. The van der Waals surface area contributed by atoms with Gasteiger partial charge in [0, 0.05) is 35.4 Å². The Morgan fingerprint density at radius 2 is 1.81 bits per heavy atom. The summed E-state index contributed by atoms with van der Waals surface area (Å²) < 4.78 is 5.67. The lowest BCUT2D eigenvalue weighted by Gasteiger charge is -2.31. The molecule has 2 heterocycles. The number of nitrogens with zero attached hydrogens (tertiary/aromatic N) is 3. The molecule has 2 aromatic carbocycles. The van der Waals surface area contributed by atoms with E-state index in [2.05, 4.69) is 10.3 Å². The smallest absolute Gasteiger partial charge is 0.411 e. The van der Waals surface area contributed by atoms with Crippen molar-refractivity contribution in [2.24, 2.45) is 0 Å². The van der Waals surface area contributed by atoms with E-state index in [1.165, 1.54) is 32.9 Å². The number of nitrogens with one attached hydrogen (secondary N) is 1. The van der Waals surface area contributed by atoms with E-state index in [9.17, 15) is 19.2 Å². The number of thiazole rings is 1. The number of amides is 3. The number of hydrogen-bond acceptors (Lipinski definition) is 8. The van der Waals surface area contributed by atoms with Crippen molar-refractivity contribution in [2.45, 2.75) is 62.6 Å². The molecule has 2 N–H and O–H groups in total. The number of hydrogen-bond donors (Lipinski definition) is 2. The fraction of sp³-hybridized carbons (Fsp3) is 0.367. The second kappa shape index (κ2) is 13.8. The van der Waals surface area contributed by atoms with Crippen molar-refractivity contribution in [3.8, 4) is 0 Å². The Hall–Kier alpha value is -3.90. The Morgan fingerprint density at radius 3 is 2.48 bits per heavy atom. The van der Waals surface area contributed by atoms with Gasteiger partial charge in [-0.3, -0.25) is 24.2 Å². The van der Waals surface area contributed by atoms with Gasteiger partial charge >= 0.3 is 12.1 Å². The van der Waals surface area contributed by atoms with Crippen molar-refractivity contribution in [1.29, 1.82) is 0 Å². The van der Waals surface area contributed by atoms with Crippen LogP contribution in [0.3, 0.4) is 0 Å². The Morgan fingerprint density at radius 1 is 1.05 bits per heavy atom. The molecule has 2 fully saturated rings. The van der Waals surface area contributed by atoms with E-state index >= 15 is 0 Å². The molecule has 3 aromatic rings. The third-order valence-electron chi connectivity index (χ3n) is 7.02. The molecule has 0 bridgehead atoms. The van der Waals surface area contributed by atoms with Crippen LogP contribution in [0.2, 0.25) is 0 Å². The van der Waals surface area contributed by atoms with Crippen LogP contribution in [0.15, 0.2) is 66.2 Å². The fourth-order valence-electron chi connectivity index (χ4n) is 4.68. The van der Waals surface area contributed by atoms with Crippen molar-refractivity contribution in [1.82, 2.24) is 15.2 Å². The molecule has 1 aliphatic carbocycles. The van der Waals surface area contributed by atoms with Crippen molar-refractivity contribution >= 4 is 57.8 Å². The highest BCUT2D eigenvalue weighted by Crippen LogP contribution is 2.37. The lowest BCUT2D eigenvalue weighted by molar-refractivity contribution is -0.137. The summed E-state index contributed by atoms with van der Waals surface area (Å²) in [5, 5.41) is 13.9. The quantitative estimate of drug-likeness (QED) is 0.261. The molecule has 1 aliphatic heterocycles. The summed E-state index contributed by atoms with van der Waals surface area (Å²) in [4.78, 5) is 58.6. The molecular formula is C30H32N4O6S2. The highest BCUT2D eigenvalue weighted by atomic mass is 32.2. The van der Waals surface area contributed by atoms with Crippen LogP contribution in [-0.4, -0.2) is 62.1 Å². The molecule has 0 spiro atoms. The van der Waals surface area contributed by atoms with Crippen LogP contribution in [0.5, 0.6) is 0 Å². The molecule has 1 aromatic heterocycles. The van der Waals surface area contributed by atoms with Crippen molar-refractivity contribution in [3.63, 3.8) is 0 Å².